The van der Waals surface area contributed by atoms with E-state index in [1.807, 2.05) is 30.3 Å². The van der Waals surface area contributed by atoms with Crippen molar-refractivity contribution in [2.24, 2.45) is 4.36 Å². The molecule has 1 aromatic heterocycles. The fourth-order valence-electron chi connectivity index (χ4n) is 5.00. The van der Waals surface area contributed by atoms with Crippen LogP contribution >= 0.6 is 0 Å². The fourth-order valence-corrected chi connectivity index (χ4v) is 5.98. The highest BCUT2D eigenvalue weighted by Gasteiger charge is 2.14. The molecular weight excluding hydrogens is 436 g/mol. The molecule has 162 valence electrons. The van der Waals surface area contributed by atoms with Crippen LogP contribution in [0.25, 0.3) is 50.0 Å². The van der Waals surface area contributed by atoms with Gasteiger partial charge in [-0.05, 0) is 58.3 Å². The number of nitrogens with zero attached hydrogens (tertiary/aromatic N) is 2. The van der Waals surface area contributed by atoms with Crippen molar-refractivity contribution < 1.29 is 4.21 Å². The van der Waals surface area contributed by atoms with Gasteiger partial charge in [0, 0.05) is 22.2 Å². The van der Waals surface area contributed by atoms with Gasteiger partial charge >= 0.3 is 0 Å². The van der Waals surface area contributed by atoms with Crippen molar-refractivity contribution in [3.8, 4) is 5.69 Å². The van der Waals surface area contributed by atoms with Crippen LogP contribution in [0.15, 0.2) is 118 Å². The molecule has 0 atom stereocenters. The van der Waals surface area contributed by atoms with Gasteiger partial charge in [0.05, 0.1) is 11.0 Å². The van der Waals surface area contributed by atoms with Gasteiger partial charge in [-0.3, -0.25) is 0 Å². The Morgan fingerprint density at radius 1 is 0.647 bits per heavy atom. The van der Waals surface area contributed by atoms with Gasteiger partial charge in [0.1, 0.15) is 0 Å². The van der Waals surface area contributed by atoms with Crippen LogP contribution in [0.3, 0.4) is 0 Å². The highest BCUT2D eigenvalue weighted by atomic mass is 32.2. The average molecular weight is 456 g/mol. The Balaban J connectivity index is 1.48. The summed E-state index contributed by atoms with van der Waals surface area (Å²) in [5.41, 5.74) is 6.14. The van der Waals surface area contributed by atoms with E-state index in [2.05, 4.69) is 93.9 Å². The predicted octanol–water partition coefficient (Wildman–Crippen LogP) is 7.95. The van der Waals surface area contributed by atoms with Crippen LogP contribution in [-0.2, 0) is 14.8 Å². The van der Waals surface area contributed by atoms with Gasteiger partial charge in [0.15, 0.2) is 0 Å². The maximum Gasteiger partial charge on any atom is 0.0541 e. The van der Waals surface area contributed by atoms with Crippen molar-refractivity contribution >= 4 is 54.9 Å². The molecule has 0 bridgehead atoms. The summed E-state index contributed by atoms with van der Waals surface area (Å²) in [5.74, 6) is 0. The first kappa shape index (κ1) is 19.3. The standard InChI is InChI=1S/C30H19N2OS/c33-34-30-17-15-20-8-4-5-11-23(20)26(30)19-27(31-34)21-14-16-29-25(18-21)24-12-6-7-13-28(24)32(29)22-9-2-1-3-10-22/h1-19H/q-1. The average Bonchev–Trinajstić information content (AvgIpc) is 3.23. The molecule has 0 unspecified atom stereocenters. The molecule has 3 nitrogen and oxygen atoms in total. The lowest BCUT2D eigenvalue weighted by molar-refractivity contribution is 0.600. The summed E-state index contributed by atoms with van der Waals surface area (Å²) in [7, 11) is -1.44. The molecule has 0 saturated heterocycles. The number of rotatable bonds is 2. The number of fused-ring (bicyclic) bond motifs is 6. The summed E-state index contributed by atoms with van der Waals surface area (Å²) >= 11 is 0. The zero-order chi connectivity index (χ0) is 22.6. The molecule has 7 rings (SSSR count). The van der Waals surface area contributed by atoms with Crippen LogP contribution in [0.4, 0.5) is 0 Å². The first-order valence-corrected chi connectivity index (χ1v) is 12.3. The van der Waals surface area contributed by atoms with E-state index in [0.29, 0.717) is 0 Å². The maximum absolute atomic E-state index is 13.1. The second-order valence-corrected chi connectivity index (χ2v) is 9.61. The number of hydrogen-bond donors (Lipinski definition) is 0. The van der Waals surface area contributed by atoms with Gasteiger partial charge in [-0.2, -0.15) is 10.6 Å². The summed E-state index contributed by atoms with van der Waals surface area (Å²) in [4.78, 5) is 0.768. The van der Waals surface area contributed by atoms with E-state index in [4.69, 9.17) is 0 Å². The van der Waals surface area contributed by atoms with Crippen molar-refractivity contribution in [2.45, 2.75) is 4.90 Å². The first-order valence-electron chi connectivity index (χ1n) is 11.2. The molecule has 0 N–H and O–H groups in total. The van der Waals surface area contributed by atoms with Gasteiger partial charge in [-0.25, -0.2) is 0 Å². The number of benzene rings is 5. The smallest absolute Gasteiger partial charge is 0.0541 e. The van der Waals surface area contributed by atoms with Crippen LogP contribution in [-0.4, -0.2) is 4.57 Å². The van der Waals surface area contributed by atoms with Crippen molar-refractivity contribution in [2.75, 3.05) is 0 Å². The molecule has 0 spiro atoms. The van der Waals surface area contributed by atoms with Crippen molar-refractivity contribution in [1.82, 2.24) is 4.57 Å². The highest BCUT2D eigenvalue weighted by molar-refractivity contribution is 7.75. The SMILES string of the molecule is O=[S-]1=NC(c2ccc3c(c2)c2ccccc2n3-c2ccccc2)=Cc2c1ccc1ccccc21. The Hall–Kier alpha value is -4.15. The molecule has 1 aliphatic heterocycles. The normalized spacial score (nSPS) is 13.7. The van der Waals surface area contributed by atoms with Gasteiger partial charge < -0.3 is 13.1 Å². The molecule has 1 aliphatic rings. The molecule has 0 fully saturated rings. The Morgan fingerprint density at radius 2 is 1.38 bits per heavy atom. The topological polar surface area (TPSA) is 34.4 Å². The zero-order valence-electron chi connectivity index (χ0n) is 18.2. The lowest BCUT2D eigenvalue weighted by atomic mass is 10.0. The summed E-state index contributed by atoms with van der Waals surface area (Å²) in [6, 6.07) is 37.5. The van der Waals surface area contributed by atoms with Gasteiger partial charge in [0.2, 0.25) is 0 Å². The Labute approximate surface area is 198 Å². The third kappa shape index (κ3) is 2.86. The number of aromatic nitrogens is 1. The quantitative estimate of drug-likeness (QED) is 0.244. The summed E-state index contributed by atoms with van der Waals surface area (Å²) in [6.45, 7) is 0. The first-order chi connectivity index (χ1) is 16.8. The summed E-state index contributed by atoms with van der Waals surface area (Å²) in [5, 5.41) is 4.58. The van der Waals surface area contributed by atoms with E-state index in [0.717, 1.165) is 54.6 Å². The van der Waals surface area contributed by atoms with E-state index in [-0.39, 0.29) is 0 Å². The molecule has 0 radical (unpaired) electrons. The van der Waals surface area contributed by atoms with E-state index >= 15 is 0 Å². The zero-order valence-corrected chi connectivity index (χ0v) is 19.0. The molecule has 2 heterocycles. The minimum atomic E-state index is -1.44. The second-order valence-electron chi connectivity index (χ2n) is 8.49. The van der Waals surface area contributed by atoms with Gasteiger partial charge in [-0.1, -0.05) is 83.8 Å². The van der Waals surface area contributed by atoms with Gasteiger partial charge in [0.25, 0.3) is 0 Å². The molecule has 4 heteroatoms. The monoisotopic (exact) mass is 455 g/mol. The summed E-state index contributed by atoms with van der Waals surface area (Å²) < 4.78 is 19.9. The predicted molar refractivity (Wildman–Crippen MR) is 141 cm³/mol. The largest absolute Gasteiger partial charge is 0.440 e. The molecule has 0 aliphatic carbocycles. The molecular formula is C30H19N2OS-. The van der Waals surface area contributed by atoms with E-state index in [1.54, 1.807) is 0 Å². The Kier molecular flexibility index (Phi) is 4.23. The van der Waals surface area contributed by atoms with Crippen molar-refractivity contribution in [1.29, 1.82) is 0 Å². The molecule has 6 aromatic rings. The van der Waals surface area contributed by atoms with Crippen molar-refractivity contribution in [3.05, 3.63) is 120 Å². The third-order valence-electron chi connectivity index (χ3n) is 6.56. The minimum absolute atomic E-state index is 0.751. The molecule has 5 aromatic carbocycles. The van der Waals surface area contributed by atoms with Crippen molar-refractivity contribution in [3.63, 3.8) is 0 Å². The van der Waals surface area contributed by atoms with E-state index in [1.165, 1.54) is 5.39 Å². The molecule has 0 amide bonds. The highest BCUT2D eigenvalue weighted by Crippen LogP contribution is 2.37. The van der Waals surface area contributed by atoms with Crippen LogP contribution in [0.5, 0.6) is 0 Å². The Morgan fingerprint density at radius 3 is 2.26 bits per heavy atom. The third-order valence-corrected chi connectivity index (χ3v) is 7.66. The molecule has 34 heavy (non-hydrogen) atoms. The lowest BCUT2D eigenvalue weighted by Gasteiger charge is -2.20. The minimum Gasteiger partial charge on any atom is -0.440 e. The van der Waals surface area contributed by atoms with Crippen LogP contribution in [0.2, 0.25) is 0 Å². The van der Waals surface area contributed by atoms with Crippen LogP contribution < -0.4 is 0 Å². The summed E-state index contributed by atoms with van der Waals surface area (Å²) in [6.07, 6.45) is 2.08. The number of para-hydroxylation sites is 2. The van der Waals surface area contributed by atoms with E-state index < -0.39 is 10.6 Å². The van der Waals surface area contributed by atoms with Crippen LogP contribution in [0, 0.1) is 0 Å². The number of hydrogen-bond acceptors (Lipinski definition) is 3. The van der Waals surface area contributed by atoms with Gasteiger partial charge in [-0.15, -0.1) is 0 Å². The fraction of sp³-hybridized carbons (Fsp3) is 0. The second kappa shape index (κ2) is 7.44. The lowest BCUT2D eigenvalue weighted by Crippen LogP contribution is -1.96. The van der Waals surface area contributed by atoms with E-state index in [9.17, 15) is 4.21 Å². The maximum atomic E-state index is 13.1. The van der Waals surface area contributed by atoms with Crippen LogP contribution in [0.1, 0.15) is 11.1 Å². The molecule has 0 saturated carbocycles. The Bertz CT molecular complexity index is 1870.